The van der Waals surface area contributed by atoms with E-state index in [4.69, 9.17) is 5.73 Å². The molecule has 0 radical (unpaired) electrons. The van der Waals surface area contributed by atoms with E-state index in [1.807, 2.05) is 6.92 Å². The summed E-state index contributed by atoms with van der Waals surface area (Å²) in [5, 5.41) is 0. The molecule has 0 spiro atoms. The molecule has 84 valence electrons. The Bertz CT molecular complexity index is 282. The van der Waals surface area contributed by atoms with Gasteiger partial charge in [0.2, 0.25) is 0 Å². The van der Waals surface area contributed by atoms with Crippen molar-refractivity contribution in [3.8, 4) is 0 Å². The third kappa shape index (κ3) is 3.88. The number of hydrogen-bond donors (Lipinski definition) is 1. The summed E-state index contributed by atoms with van der Waals surface area (Å²) in [6, 6.07) is 6.80. The van der Waals surface area contributed by atoms with Crippen LogP contribution in [0.5, 0.6) is 0 Å². The lowest BCUT2D eigenvalue weighted by molar-refractivity contribution is 0.625. The summed E-state index contributed by atoms with van der Waals surface area (Å²) in [5.74, 6) is -0.193. The highest BCUT2D eigenvalue weighted by atomic mass is 19.1. The molecule has 1 atom stereocenters. The predicted octanol–water partition coefficient (Wildman–Crippen LogP) is 2.39. The number of hydrogen-bond acceptors (Lipinski definition) is 2. The van der Waals surface area contributed by atoms with Crippen molar-refractivity contribution in [1.82, 2.24) is 0 Å². The lowest BCUT2D eigenvalue weighted by Gasteiger charge is -2.23. The van der Waals surface area contributed by atoms with Gasteiger partial charge in [-0.3, -0.25) is 0 Å². The Morgan fingerprint density at radius 2 is 1.93 bits per heavy atom. The van der Waals surface area contributed by atoms with E-state index in [-0.39, 0.29) is 11.9 Å². The van der Waals surface area contributed by atoms with E-state index in [1.54, 1.807) is 12.1 Å². The van der Waals surface area contributed by atoms with E-state index in [0.29, 0.717) is 0 Å². The quantitative estimate of drug-likeness (QED) is 0.808. The van der Waals surface area contributed by atoms with Crippen LogP contribution in [0.25, 0.3) is 0 Å². The summed E-state index contributed by atoms with van der Waals surface area (Å²) in [6.45, 7) is 5.92. The van der Waals surface area contributed by atoms with E-state index in [2.05, 4.69) is 11.8 Å². The highest BCUT2D eigenvalue weighted by molar-refractivity contribution is 5.45. The highest BCUT2D eigenvalue weighted by Crippen LogP contribution is 2.14. The number of nitrogens with zero attached hydrogens (tertiary/aromatic N) is 1. The Hall–Kier alpha value is -1.09. The van der Waals surface area contributed by atoms with Gasteiger partial charge >= 0.3 is 0 Å². The second kappa shape index (κ2) is 5.71. The van der Waals surface area contributed by atoms with Crippen LogP contribution in [-0.4, -0.2) is 19.1 Å². The van der Waals surface area contributed by atoms with Crippen LogP contribution in [-0.2, 0) is 0 Å². The van der Waals surface area contributed by atoms with Gasteiger partial charge in [0.25, 0.3) is 0 Å². The predicted molar refractivity (Wildman–Crippen MR) is 62.6 cm³/mol. The molecule has 0 saturated heterocycles. The molecule has 0 saturated carbocycles. The molecule has 0 fully saturated rings. The zero-order chi connectivity index (χ0) is 11.3. The first-order valence-corrected chi connectivity index (χ1v) is 5.39. The molecule has 2 nitrogen and oxygen atoms in total. The first-order valence-electron chi connectivity index (χ1n) is 5.39. The van der Waals surface area contributed by atoms with Gasteiger partial charge in [-0.1, -0.05) is 0 Å². The second-order valence-corrected chi connectivity index (χ2v) is 3.82. The molecule has 1 aromatic carbocycles. The minimum absolute atomic E-state index is 0.193. The fourth-order valence-electron chi connectivity index (χ4n) is 1.48. The molecule has 0 heterocycles. The van der Waals surface area contributed by atoms with Crippen molar-refractivity contribution >= 4 is 5.69 Å². The van der Waals surface area contributed by atoms with Gasteiger partial charge in [-0.05, 0) is 44.5 Å². The number of rotatable bonds is 5. The van der Waals surface area contributed by atoms with Gasteiger partial charge in [0.15, 0.2) is 0 Å². The third-order valence-corrected chi connectivity index (χ3v) is 2.43. The van der Waals surface area contributed by atoms with Crippen LogP contribution in [0.3, 0.4) is 0 Å². The summed E-state index contributed by atoms with van der Waals surface area (Å²) in [7, 11) is 0. The molecular formula is C12H19FN2. The Kier molecular flexibility index (Phi) is 4.56. The fraction of sp³-hybridized carbons (Fsp3) is 0.500. The summed E-state index contributed by atoms with van der Waals surface area (Å²) >= 11 is 0. The number of halogens is 1. The molecule has 0 aliphatic heterocycles. The van der Waals surface area contributed by atoms with Crippen LogP contribution in [0.15, 0.2) is 24.3 Å². The van der Waals surface area contributed by atoms with Crippen molar-refractivity contribution < 1.29 is 4.39 Å². The third-order valence-electron chi connectivity index (χ3n) is 2.43. The number of anilines is 1. The summed E-state index contributed by atoms with van der Waals surface area (Å²) < 4.78 is 12.7. The minimum atomic E-state index is -0.193. The van der Waals surface area contributed by atoms with Crippen LogP contribution in [0, 0.1) is 5.82 Å². The maximum atomic E-state index is 12.7. The maximum absolute atomic E-state index is 12.7. The number of nitrogens with two attached hydrogens (primary N) is 1. The van der Waals surface area contributed by atoms with E-state index in [0.717, 1.165) is 25.2 Å². The van der Waals surface area contributed by atoms with Crippen molar-refractivity contribution in [2.45, 2.75) is 26.3 Å². The molecule has 0 amide bonds. The van der Waals surface area contributed by atoms with Crippen LogP contribution in [0.1, 0.15) is 20.3 Å². The average Bonchev–Trinajstić information content (AvgIpc) is 2.21. The molecule has 3 heteroatoms. The van der Waals surface area contributed by atoms with Crippen molar-refractivity contribution in [2.24, 2.45) is 5.73 Å². The van der Waals surface area contributed by atoms with E-state index in [9.17, 15) is 4.39 Å². The molecule has 1 rings (SSSR count). The van der Waals surface area contributed by atoms with Gasteiger partial charge in [0, 0.05) is 24.8 Å². The average molecular weight is 210 g/mol. The molecule has 0 aliphatic rings. The Morgan fingerprint density at radius 3 is 2.40 bits per heavy atom. The van der Waals surface area contributed by atoms with Crippen molar-refractivity contribution in [2.75, 3.05) is 18.0 Å². The molecular weight excluding hydrogens is 191 g/mol. The van der Waals surface area contributed by atoms with Gasteiger partial charge in [0.1, 0.15) is 5.82 Å². The van der Waals surface area contributed by atoms with Gasteiger partial charge in [-0.2, -0.15) is 0 Å². The lowest BCUT2D eigenvalue weighted by atomic mass is 10.2. The zero-order valence-electron chi connectivity index (χ0n) is 9.41. The Morgan fingerprint density at radius 1 is 1.33 bits per heavy atom. The molecule has 2 N–H and O–H groups in total. The van der Waals surface area contributed by atoms with Gasteiger partial charge in [0.05, 0.1) is 0 Å². The standard InChI is InChI=1S/C12H19FN2/c1-3-15(9-8-10(2)14)12-6-4-11(13)5-7-12/h4-7,10H,3,8-9,14H2,1-2H3/t10-/m1/s1. The van der Waals surface area contributed by atoms with Gasteiger partial charge in [-0.25, -0.2) is 4.39 Å². The molecule has 0 bridgehead atoms. The Labute approximate surface area is 90.9 Å². The van der Waals surface area contributed by atoms with E-state index < -0.39 is 0 Å². The zero-order valence-corrected chi connectivity index (χ0v) is 9.41. The highest BCUT2D eigenvalue weighted by Gasteiger charge is 2.05. The second-order valence-electron chi connectivity index (χ2n) is 3.82. The van der Waals surface area contributed by atoms with Crippen molar-refractivity contribution in [3.05, 3.63) is 30.1 Å². The molecule has 15 heavy (non-hydrogen) atoms. The largest absolute Gasteiger partial charge is 0.372 e. The molecule has 0 aliphatic carbocycles. The smallest absolute Gasteiger partial charge is 0.123 e. The lowest BCUT2D eigenvalue weighted by Crippen LogP contribution is -2.28. The van der Waals surface area contributed by atoms with E-state index in [1.165, 1.54) is 12.1 Å². The topological polar surface area (TPSA) is 29.3 Å². The summed E-state index contributed by atoms with van der Waals surface area (Å²) in [4.78, 5) is 2.20. The molecule has 0 aromatic heterocycles. The summed E-state index contributed by atoms with van der Waals surface area (Å²) in [6.07, 6.45) is 0.950. The van der Waals surface area contributed by atoms with Crippen LogP contribution in [0.2, 0.25) is 0 Å². The summed E-state index contributed by atoms with van der Waals surface area (Å²) in [5.41, 5.74) is 6.77. The SMILES string of the molecule is CCN(CC[C@@H](C)N)c1ccc(F)cc1. The van der Waals surface area contributed by atoms with Gasteiger partial charge < -0.3 is 10.6 Å². The Balaban J connectivity index is 2.61. The minimum Gasteiger partial charge on any atom is -0.372 e. The van der Waals surface area contributed by atoms with E-state index >= 15 is 0 Å². The van der Waals surface area contributed by atoms with Gasteiger partial charge in [-0.15, -0.1) is 0 Å². The fourth-order valence-corrected chi connectivity index (χ4v) is 1.48. The van der Waals surface area contributed by atoms with Crippen molar-refractivity contribution in [1.29, 1.82) is 0 Å². The first kappa shape index (κ1) is 12.0. The number of benzene rings is 1. The van der Waals surface area contributed by atoms with Crippen LogP contribution < -0.4 is 10.6 Å². The van der Waals surface area contributed by atoms with Crippen LogP contribution >= 0.6 is 0 Å². The molecule has 1 aromatic rings. The molecule has 0 unspecified atom stereocenters. The van der Waals surface area contributed by atoms with Crippen LogP contribution in [0.4, 0.5) is 10.1 Å². The monoisotopic (exact) mass is 210 g/mol. The maximum Gasteiger partial charge on any atom is 0.123 e. The van der Waals surface area contributed by atoms with Crippen molar-refractivity contribution in [3.63, 3.8) is 0 Å². The normalized spacial score (nSPS) is 12.5. The first-order chi connectivity index (χ1) is 7.13.